The lowest BCUT2D eigenvalue weighted by atomic mass is 9.78. The van der Waals surface area contributed by atoms with Crippen LogP contribution in [0, 0.1) is 12.3 Å². The topological polar surface area (TPSA) is 12.0 Å². The quantitative estimate of drug-likeness (QED) is 0.855. The third kappa shape index (κ3) is 2.01. The Morgan fingerprint density at radius 3 is 2.64 bits per heavy atom. The highest BCUT2D eigenvalue weighted by atomic mass is 79.9. The maximum absolute atomic E-state index is 3.58. The fraction of sp³-hybridized carbons (Fsp3) is 0.500. The molecule has 2 rings (SSSR count). The Balaban J connectivity index is 2.13. The van der Waals surface area contributed by atoms with Crippen LogP contribution in [0.5, 0.6) is 0 Å². The summed E-state index contributed by atoms with van der Waals surface area (Å²) < 4.78 is 1.23. The van der Waals surface area contributed by atoms with Gasteiger partial charge in [-0.2, -0.15) is 0 Å². The number of rotatable bonds is 2. The lowest BCUT2D eigenvalue weighted by Crippen LogP contribution is -2.52. The highest BCUT2D eigenvalue weighted by Gasteiger charge is 2.31. The Hall–Kier alpha value is -0.340. The van der Waals surface area contributed by atoms with E-state index >= 15 is 0 Å². The van der Waals surface area contributed by atoms with Gasteiger partial charge in [-0.1, -0.05) is 35.0 Å². The fourth-order valence-electron chi connectivity index (χ4n) is 1.92. The van der Waals surface area contributed by atoms with Crippen LogP contribution in [0.4, 0.5) is 0 Å². The molecule has 14 heavy (non-hydrogen) atoms. The molecule has 1 aliphatic heterocycles. The molecule has 1 aliphatic rings. The van der Waals surface area contributed by atoms with Gasteiger partial charge in [0.25, 0.3) is 0 Å². The van der Waals surface area contributed by atoms with Gasteiger partial charge >= 0.3 is 0 Å². The first-order valence-corrected chi connectivity index (χ1v) is 5.84. The summed E-state index contributed by atoms with van der Waals surface area (Å²) in [7, 11) is 0. The van der Waals surface area contributed by atoms with Crippen molar-refractivity contribution in [2.45, 2.75) is 20.3 Å². The van der Waals surface area contributed by atoms with E-state index in [1.165, 1.54) is 22.0 Å². The van der Waals surface area contributed by atoms with Crippen LogP contribution >= 0.6 is 15.9 Å². The molecule has 1 heterocycles. The molecule has 1 aromatic carbocycles. The van der Waals surface area contributed by atoms with Gasteiger partial charge in [0.05, 0.1) is 0 Å². The third-order valence-electron chi connectivity index (χ3n) is 2.97. The Morgan fingerprint density at radius 1 is 1.43 bits per heavy atom. The largest absolute Gasteiger partial charge is 0.316 e. The van der Waals surface area contributed by atoms with Gasteiger partial charge in [-0.25, -0.2) is 0 Å². The first kappa shape index (κ1) is 10.2. The second-order valence-electron chi connectivity index (χ2n) is 4.67. The molecule has 1 aromatic rings. The van der Waals surface area contributed by atoms with Gasteiger partial charge in [0.1, 0.15) is 0 Å². The normalized spacial score (nSPS) is 19.1. The lowest BCUT2D eigenvalue weighted by Gasteiger charge is -2.39. The maximum Gasteiger partial charge on any atom is 0.0207 e. The van der Waals surface area contributed by atoms with Crippen LogP contribution in [-0.2, 0) is 6.42 Å². The van der Waals surface area contributed by atoms with Crippen molar-refractivity contribution in [3.05, 3.63) is 33.8 Å². The van der Waals surface area contributed by atoms with Gasteiger partial charge in [-0.05, 0) is 36.0 Å². The summed E-state index contributed by atoms with van der Waals surface area (Å²) in [6.07, 6.45) is 1.18. The summed E-state index contributed by atoms with van der Waals surface area (Å²) in [5.41, 5.74) is 3.23. The minimum absolute atomic E-state index is 0.481. The van der Waals surface area contributed by atoms with E-state index in [2.05, 4.69) is 53.3 Å². The molecule has 1 saturated heterocycles. The SMILES string of the molecule is Cc1ccc(CC2(C)CNC2)cc1Br. The molecule has 0 atom stereocenters. The Labute approximate surface area is 94.0 Å². The minimum Gasteiger partial charge on any atom is -0.316 e. The first-order valence-electron chi connectivity index (χ1n) is 5.05. The van der Waals surface area contributed by atoms with E-state index < -0.39 is 0 Å². The molecule has 0 aliphatic carbocycles. The number of hydrogen-bond acceptors (Lipinski definition) is 1. The van der Waals surface area contributed by atoms with Crippen LogP contribution in [0.15, 0.2) is 22.7 Å². The van der Waals surface area contributed by atoms with Crippen molar-refractivity contribution in [3.63, 3.8) is 0 Å². The van der Waals surface area contributed by atoms with Crippen molar-refractivity contribution in [3.8, 4) is 0 Å². The smallest absolute Gasteiger partial charge is 0.0207 e. The first-order chi connectivity index (χ1) is 6.59. The summed E-state index contributed by atoms with van der Waals surface area (Å²) in [4.78, 5) is 0. The van der Waals surface area contributed by atoms with Gasteiger partial charge in [0, 0.05) is 17.6 Å². The standard InChI is InChI=1S/C12H16BrN/c1-9-3-4-10(5-11(9)13)6-12(2)7-14-8-12/h3-5,14H,6-8H2,1-2H3. The molecule has 0 radical (unpaired) electrons. The van der Waals surface area contributed by atoms with E-state index in [0.717, 1.165) is 13.1 Å². The van der Waals surface area contributed by atoms with E-state index in [-0.39, 0.29) is 0 Å². The molecule has 1 nitrogen and oxygen atoms in total. The second kappa shape index (κ2) is 3.67. The van der Waals surface area contributed by atoms with Crippen molar-refractivity contribution in [2.24, 2.45) is 5.41 Å². The van der Waals surface area contributed by atoms with Crippen molar-refractivity contribution in [2.75, 3.05) is 13.1 Å². The van der Waals surface area contributed by atoms with E-state index in [0.29, 0.717) is 5.41 Å². The van der Waals surface area contributed by atoms with Crippen LogP contribution < -0.4 is 5.32 Å². The predicted octanol–water partition coefficient (Wildman–Crippen LogP) is 2.91. The molecule has 0 unspecified atom stereocenters. The maximum atomic E-state index is 3.58. The summed E-state index contributed by atoms with van der Waals surface area (Å²) >= 11 is 3.58. The Kier molecular flexibility index (Phi) is 2.67. The zero-order valence-electron chi connectivity index (χ0n) is 8.73. The lowest BCUT2D eigenvalue weighted by molar-refractivity contribution is 0.195. The van der Waals surface area contributed by atoms with Gasteiger partial charge < -0.3 is 5.32 Å². The molecular weight excluding hydrogens is 238 g/mol. The molecule has 76 valence electrons. The van der Waals surface area contributed by atoms with Crippen LogP contribution in [-0.4, -0.2) is 13.1 Å². The third-order valence-corrected chi connectivity index (χ3v) is 3.83. The highest BCUT2D eigenvalue weighted by Crippen LogP contribution is 2.28. The average Bonchev–Trinajstić information content (AvgIpc) is 2.09. The molecule has 0 spiro atoms. The number of aryl methyl sites for hydroxylation is 1. The highest BCUT2D eigenvalue weighted by molar-refractivity contribution is 9.10. The summed E-state index contributed by atoms with van der Waals surface area (Å²) in [5.74, 6) is 0. The van der Waals surface area contributed by atoms with Crippen LogP contribution in [0.1, 0.15) is 18.1 Å². The van der Waals surface area contributed by atoms with Gasteiger partial charge in [-0.15, -0.1) is 0 Å². The Morgan fingerprint density at radius 2 is 2.14 bits per heavy atom. The molecule has 1 N–H and O–H groups in total. The van der Waals surface area contributed by atoms with Crippen LogP contribution in [0.3, 0.4) is 0 Å². The zero-order chi connectivity index (χ0) is 10.2. The molecule has 0 bridgehead atoms. The Bertz CT molecular complexity index is 342. The summed E-state index contributed by atoms with van der Waals surface area (Å²) in [5, 5.41) is 3.34. The van der Waals surface area contributed by atoms with E-state index in [1.54, 1.807) is 0 Å². The van der Waals surface area contributed by atoms with Crippen LogP contribution in [0.2, 0.25) is 0 Å². The van der Waals surface area contributed by atoms with Gasteiger partial charge in [-0.3, -0.25) is 0 Å². The van der Waals surface area contributed by atoms with Crippen molar-refractivity contribution >= 4 is 15.9 Å². The number of hydrogen-bond donors (Lipinski definition) is 1. The van der Waals surface area contributed by atoms with E-state index in [9.17, 15) is 0 Å². The molecule has 2 heteroatoms. The zero-order valence-corrected chi connectivity index (χ0v) is 10.3. The fourth-order valence-corrected chi connectivity index (χ4v) is 2.34. The minimum atomic E-state index is 0.481. The monoisotopic (exact) mass is 253 g/mol. The van der Waals surface area contributed by atoms with Gasteiger partial charge in [0.2, 0.25) is 0 Å². The molecule has 0 aromatic heterocycles. The average molecular weight is 254 g/mol. The van der Waals surface area contributed by atoms with E-state index in [1.807, 2.05) is 0 Å². The number of benzene rings is 1. The van der Waals surface area contributed by atoms with Crippen molar-refractivity contribution < 1.29 is 0 Å². The van der Waals surface area contributed by atoms with Crippen molar-refractivity contribution in [1.82, 2.24) is 5.32 Å². The molecule has 0 amide bonds. The molecule has 0 saturated carbocycles. The number of nitrogens with one attached hydrogen (secondary N) is 1. The summed E-state index contributed by atoms with van der Waals surface area (Å²) in [6, 6.07) is 6.68. The van der Waals surface area contributed by atoms with Crippen LogP contribution in [0.25, 0.3) is 0 Å². The number of halogens is 1. The molecule has 1 fully saturated rings. The second-order valence-corrected chi connectivity index (χ2v) is 5.53. The van der Waals surface area contributed by atoms with Crippen molar-refractivity contribution in [1.29, 1.82) is 0 Å². The van der Waals surface area contributed by atoms with Gasteiger partial charge in [0.15, 0.2) is 0 Å². The predicted molar refractivity (Wildman–Crippen MR) is 63.6 cm³/mol. The molecular formula is C12H16BrN. The van der Waals surface area contributed by atoms with E-state index in [4.69, 9.17) is 0 Å². The summed E-state index contributed by atoms with van der Waals surface area (Å²) in [6.45, 7) is 6.77.